The van der Waals surface area contributed by atoms with E-state index in [-0.39, 0.29) is 5.97 Å². The molecule has 0 spiro atoms. The lowest BCUT2D eigenvalue weighted by Gasteiger charge is -2.29. The number of carbonyl (C=O) groups is 1. The zero-order valence-corrected chi connectivity index (χ0v) is 17.8. The molecule has 0 amide bonds. The smallest absolute Gasteiger partial charge is 0.325 e. The second-order valence-electron chi connectivity index (χ2n) is 7.42. The van der Waals surface area contributed by atoms with Crippen LogP contribution < -0.4 is 15.4 Å². The molecule has 2 atom stereocenters. The number of carbonyl (C=O) groups excluding carboxylic acids is 1. The number of nitrogens with one attached hydrogen (secondary N) is 1. The van der Waals surface area contributed by atoms with Crippen LogP contribution in [0, 0.1) is 0 Å². The molecule has 2 aromatic carbocycles. The summed E-state index contributed by atoms with van der Waals surface area (Å²) >= 11 is 0. The van der Waals surface area contributed by atoms with Crippen LogP contribution in [0.25, 0.3) is 0 Å². The minimum Gasteiger partial charge on any atom is -0.468 e. The highest BCUT2D eigenvalue weighted by Gasteiger charge is 2.32. The normalized spacial score (nSPS) is 14.0. The topological polar surface area (TPSA) is 56.8 Å². The highest BCUT2D eigenvalue weighted by molar-refractivity contribution is 6.83. The molecule has 0 aliphatic carbocycles. The van der Waals surface area contributed by atoms with E-state index in [1.54, 1.807) is 0 Å². The van der Waals surface area contributed by atoms with Gasteiger partial charge in [0.2, 0.25) is 0 Å². The molecule has 0 saturated carbocycles. The molecule has 0 bridgehead atoms. The maximum Gasteiger partial charge on any atom is 0.325 e. The van der Waals surface area contributed by atoms with Crippen LogP contribution >= 0.6 is 0 Å². The molecular weight excluding hydrogens is 358 g/mol. The lowest BCUT2D eigenvalue weighted by atomic mass is 10.2. The van der Waals surface area contributed by atoms with Gasteiger partial charge in [0.1, 0.15) is 12.1 Å². The molecule has 2 rings (SSSR count). The Labute approximate surface area is 163 Å². The van der Waals surface area contributed by atoms with Gasteiger partial charge in [0.05, 0.1) is 12.7 Å². The number of hydrogen-bond acceptors (Lipinski definition) is 5. The van der Waals surface area contributed by atoms with E-state index < -0.39 is 26.7 Å². The molecule has 0 aliphatic rings. The van der Waals surface area contributed by atoms with Gasteiger partial charge in [-0.25, -0.2) is 9.78 Å². The van der Waals surface area contributed by atoms with Crippen LogP contribution in [0.3, 0.4) is 0 Å². The minimum absolute atomic E-state index is 0.371. The van der Waals surface area contributed by atoms with Crippen LogP contribution in [0.4, 0.5) is 0 Å². The number of rotatable bonds is 8. The molecule has 0 fully saturated rings. The summed E-state index contributed by atoms with van der Waals surface area (Å²) in [5, 5.41) is 2.36. The summed E-state index contributed by atoms with van der Waals surface area (Å²) in [5.74, 6) is -0.371. The van der Waals surface area contributed by atoms with Crippen molar-refractivity contribution in [2.24, 2.45) is 0 Å². The van der Waals surface area contributed by atoms with Crippen molar-refractivity contribution in [3.05, 3.63) is 60.7 Å². The molecule has 1 N–H and O–H groups in total. The molecule has 0 unspecified atom stereocenters. The summed E-state index contributed by atoms with van der Waals surface area (Å²) in [4.78, 5) is 27.0. The fourth-order valence-electron chi connectivity index (χ4n) is 2.65. The Morgan fingerprint density at radius 2 is 1.44 bits per heavy atom. The molecule has 0 saturated heterocycles. The average molecular weight is 388 g/mol. The Hall–Kier alpha value is -1.99. The van der Waals surface area contributed by atoms with Gasteiger partial charge in [-0.2, -0.15) is 0 Å². The zero-order valence-electron chi connectivity index (χ0n) is 16.6. The molecule has 5 nitrogen and oxygen atoms in total. The zero-order chi connectivity index (χ0) is 19.9. The first-order valence-corrected chi connectivity index (χ1v) is 10.8. The van der Waals surface area contributed by atoms with Crippen molar-refractivity contribution in [3.63, 3.8) is 0 Å². The van der Waals surface area contributed by atoms with E-state index in [1.165, 1.54) is 17.5 Å². The third-order valence-corrected chi connectivity index (χ3v) is 6.78. The Balaban J connectivity index is 2.28. The van der Waals surface area contributed by atoms with Crippen LogP contribution in [0.5, 0.6) is 0 Å². The minimum atomic E-state index is -1.89. The van der Waals surface area contributed by atoms with Gasteiger partial charge in [-0.15, -0.1) is 0 Å². The SMILES string of the molecule is COC(=O)[C@@H](N[SiH](c1ccccc1)c1ccccc1)[C@@H](C)OOC(C)(C)C. The fourth-order valence-corrected chi connectivity index (χ4v) is 5.40. The number of ether oxygens (including phenoxy) is 1. The summed E-state index contributed by atoms with van der Waals surface area (Å²) in [6.07, 6.45) is -0.515. The second-order valence-corrected chi connectivity index (χ2v) is 9.95. The quantitative estimate of drug-likeness (QED) is 0.324. The molecule has 146 valence electrons. The first kappa shape index (κ1) is 21.3. The van der Waals surface area contributed by atoms with Crippen LogP contribution in [0.2, 0.25) is 0 Å². The lowest BCUT2D eigenvalue weighted by molar-refractivity contribution is -0.372. The fraction of sp³-hybridized carbons (Fsp3) is 0.381. The summed E-state index contributed by atoms with van der Waals surface area (Å²) in [7, 11) is -0.503. The lowest BCUT2D eigenvalue weighted by Crippen LogP contribution is -2.62. The molecule has 6 heteroatoms. The molecule has 0 heterocycles. The Morgan fingerprint density at radius 1 is 0.963 bits per heavy atom. The summed E-state index contributed by atoms with van der Waals surface area (Å²) in [5.41, 5.74) is -0.468. The monoisotopic (exact) mass is 387 g/mol. The van der Waals surface area contributed by atoms with Crippen molar-refractivity contribution in [2.75, 3.05) is 7.11 Å². The number of benzene rings is 2. The third kappa shape index (κ3) is 6.59. The van der Waals surface area contributed by atoms with Gasteiger partial charge in [-0.3, -0.25) is 4.79 Å². The van der Waals surface area contributed by atoms with Crippen molar-refractivity contribution in [2.45, 2.75) is 45.4 Å². The molecule has 0 aliphatic heterocycles. The van der Waals surface area contributed by atoms with Crippen molar-refractivity contribution in [3.8, 4) is 0 Å². The molecule has 0 radical (unpaired) electrons. The molecule has 2 aromatic rings. The van der Waals surface area contributed by atoms with E-state index in [0.717, 1.165) is 0 Å². The van der Waals surface area contributed by atoms with Crippen molar-refractivity contribution in [1.29, 1.82) is 0 Å². The van der Waals surface area contributed by atoms with Crippen LogP contribution in [-0.4, -0.2) is 39.8 Å². The first-order valence-electron chi connectivity index (χ1n) is 9.10. The Bertz CT molecular complexity index is 664. The predicted molar refractivity (Wildman–Crippen MR) is 110 cm³/mol. The van der Waals surface area contributed by atoms with E-state index in [2.05, 4.69) is 29.2 Å². The Kier molecular flexibility index (Phi) is 7.74. The van der Waals surface area contributed by atoms with Crippen LogP contribution in [-0.2, 0) is 19.3 Å². The highest BCUT2D eigenvalue weighted by atomic mass is 28.3. The van der Waals surface area contributed by atoms with Crippen molar-refractivity contribution < 1.29 is 19.3 Å². The largest absolute Gasteiger partial charge is 0.468 e. The molecule has 0 aromatic heterocycles. The summed E-state index contributed by atoms with van der Waals surface area (Å²) in [6, 6.07) is 19.7. The summed E-state index contributed by atoms with van der Waals surface area (Å²) < 4.78 is 5.02. The standard InChI is InChI=1S/C21H29NO4Si/c1-16(25-26-21(2,3)4)19(20(23)24-5)22-27(17-12-8-6-9-13-17)18-14-10-7-11-15-18/h6-16,19,22,27H,1-5H3/t16-,19+/m1/s1. The number of hydrogen-bond donors (Lipinski definition) is 1. The van der Waals surface area contributed by atoms with Gasteiger partial charge in [0, 0.05) is 0 Å². The van der Waals surface area contributed by atoms with E-state index in [0.29, 0.717) is 0 Å². The number of esters is 1. The van der Waals surface area contributed by atoms with E-state index in [4.69, 9.17) is 14.5 Å². The molecular formula is C21H29NO4Si. The second kappa shape index (κ2) is 9.80. The van der Waals surface area contributed by atoms with Crippen molar-refractivity contribution in [1.82, 2.24) is 4.98 Å². The van der Waals surface area contributed by atoms with Gasteiger partial charge in [-0.05, 0) is 38.1 Å². The van der Waals surface area contributed by atoms with E-state index in [9.17, 15) is 4.79 Å². The van der Waals surface area contributed by atoms with Gasteiger partial charge < -0.3 is 9.72 Å². The number of methoxy groups -OCH3 is 1. The van der Waals surface area contributed by atoms with Crippen LogP contribution in [0.15, 0.2) is 60.7 Å². The van der Waals surface area contributed by atoms with Gasteiger partial charge in [0.25, 0.3) is 0 Å². The molecule has 27 heavy (non-hydrogen) atoms. The average Bonchev–Trinajstić information content (AvgIpc) is 2.67. The van der Waals surface area contributed by atoms with E-state index >= 15 is 0 Å². The predicted octanol–water partition coefficient (Wildman–Crippen LogP) is 1.79. The summed E-state index contributed by atoms with van der Waals surface area (Å²) in [6.45, 7) is 7.49. The maximum absolute atomic E-state index is 12.5. The Morgan fingerprint density at radius 3 is 1.85 bits per heavy atom. The third-order valence-electron chi connectivity index (χ3n) is 3.99. The van der Waals surface area contributed by atoms with Gasteiger partial charge in [0.15, 0.2) is 8.96 Å². The van der Waals surface area contributed by atoms with Gasteiger partial charge in [-0.1, -0.05) is 60.7 Å². The van der Waals surface area contributed by atoms with Crippen molar-refractivity contribution >= 4 is 25.3 Å². The van der Waals surface area contributed by atoms with Gasteiger partial charge >= 0.3 is 5.97 Å². The van der Waals surface area contributed by atoms with Crippen LogP contribution in [0.1, 0.15) is 27.7 Å². The maximum atomic E-state index is 12.5. The highest BCUT2D eigenvalue weighted by Crippen LogP contribution is 2.12. The van der Waals surface area contributed by atoms with E-state index in [1.807, 2.05) is 64.1 Å². The first-order chi connectivity index (χ1) is 12.8.